The first-order valence-corrected chi connectivity index (χ1v) is 5.90. The van der Waals surface area contributed by atoms with E-state index in [0.717, 1.165) is 0 Å². The highest BCUT2D eigenvalue weighted by Crippen LogP contribution is 2.34. The molecule has 0 amide bonds. The van der Waals surface area contributed by atoms with Crippen LogP contribution in [0.3, 0.4) is 0 Å². The van der Waals surface area contributed by atoms with E-state index >= 15 is 0 Å². The van der Waals surface area contributed by atoms with Gasteiger partial charge < -0.3 is 9.84 Å². The van der Waals surface area contributed by atoms with Gasteiger partial charge in [0.15, 0.2) is 0 Å². The third-order valence-corrected chi connectivity index (χ3v) is 3.27. The van der Waals surface area contributed by atoms with Crippen LogP contribution in [0.4, 0.5) is 0 Å². The van der Waals surface area contributed by atoms with E-state index in [-0.39, 0.29) is 24.6 Å². The average molecular weight is 242 g/mol. The van der Waals surface area contributed by atoms with Gasteiger partial charge in [-0.25, -0.2) is 4.79 Å². The summed E-state index contributed by atoms with van der Waals surface area (Å²) in [6, 6.07) is 0. The van der Waals surface area contributed by atoms with Gasteiger partial charge in [-0.1, -0.05) is 20.4 Å². The van der Waals surface area contributed by atoms with Gasteiger partial charge in [-0.15, -0.1) is 0 Å². The monoisotopic (exact) mass is 242 g/mol. The van der Waals surface area contributed by atoms with Gasteiger partial charge in [-0.2, -0.15) is 0 Å². The van der Waals surface area contributed by atoms with E-state index in [2.05, 4.69) is 6.58 Å². The number of hydrogen-bond donors (Lipinski definition) is 1. The molecule has 0 rings (SSSR count). The number of Topliss-reactive ketones (excluding diaryl/α,β-unsaturated/α-hetero) is 1. The second kappa shape index (κ2) is 7.22. The summed E-state index contributed by atoms with van der Waals surface area (Å²) in [5.41, 5.74) is -0.229. The number of esters is 1. The standard InChI is InChI=1S/C13H22O4/c1-5-13(6-2,11(4)15)9-10(3)12(16)17-8-7-14/h14H,3,5-9H2,1-2,4H3. The van der Waals surface area contributed by atoms with E-state index in [4.69, 9.17) is 9.84 Å². The minimum atomic E-state index is -0.536. The van der Waals surface area contributed by atoms with Crippen LogP contribution < -0.4 is 0 Å². The van der Waals surface area contributed by atoms with Crippen molar-refractivity contribution in [2.24, 2.45) is 5.41 Å². The predicted molar refractivity (Wildman–Crippen MR) is 65.5 cm³/mol. The zero-order valence-electron chi connectivity index (χ0n) is 10.9. The van der Waals surface area contributed by atoms with E-state index in [1.807, 2.05) is 13.8 Å². The molecule has 0 aromatic heterocycles. The number of carbonyl (C=O) groups is 2. The second-order valence-electron chi connectivity index (χ2n) is 4.18. The smallest absolute Gasteiger partial charge is 0.333 e. The van der Waals surface area contributed by atoms with Gasteiger partial charge in [0.1, 0.15) is 12.4 Å². The lowest BCUT2D eigenvalue weighted by Crippen LogP contribution is -2.30. The summed E-state index contributed by atoms with van der Waals surface area (Å²) in [5.74, 6) is -0.467. The normalized spacial score (nSPS) is 11.1. The Bertz CT molecular complexity index is 290. The van der Waals surface area contributed by atoms with Gasteiger partial charge in [0.25, 0.3) is 0 Å². The Kier molecular flexibility index (Phi) is 6.73. The van der Waals surface area contributed by atoms with Crippen LogP contribution in [-0.4, -0.2) is 30.1 Å². The first-order valence-electron chi connectivity index (χ1n) is 5.90. The fourth-order valence-corrected chi connectivity index (χ4v) is 1.84. The topological polar surface area (TPSA) is 63.6 Å². The summed E-state index contributed by atoms with van der Waals surface area (Å²) in [6.45, 7) is 8.81. The zero-order valence-corrected chi connectivity index (χ0v) is 10.9. The van der Waals surface area contributed by atoms with Crippen molar-refractivity contribution >= 4 is 11.8 Å². The highest BCUT2D eigenvalue weighted by molar-refractivity contribution is 5.90. The molecule has 98 valence electrons. The number of carbonyl (C=O) groups excluding carboxylic acids is 2. The van der Waals surface area contributed by atoms with Crippen LogP contribution in [0.5, 0.6) is 0 Å². The molecular formula is C13H22O4. The average Bonchev–Trinajstić information content (AvgIpc) is 2.32. The lowest BCUT2D eigenvalue weighted by atomic mass is 9.74. The highest BCUT2D eigenvalue weighted by atomic mass is 16.5. The van der Waals surface area contributed by atoms with Crippen LogP contribution in [-0.2, 0) is 14.3 Å². The van der Waals surface area contributed by atoms with E-state index < -0.39 is 11.4 Å². The van der Waals surface area contributed by atoms with Gasteiger partial charge >= 0.3 is 5.97 Å². The van der Waals surface area contributed by atoms with E-state index in [9.17, 15) is 9.59 Å². The molecule has 0 aliphatic rings. The molecular weight excluding hydrogens is 220 g/mol. The summed E-state index contributed by atoms with van der Waals surface area (Å²) >= 11 is 0. The van der Waals surface area contributed by atoms with Crippen LogP contribution >= 0.6 is 0 Å². The van der Waals surface area contributed by atoms with Crippen LogP contribution in [0.25, 0.3) is 0 Å². The molecule has 0 saturated carbocycles. The minimum absolute atomic E-state index is 0.0385. The minimum Gasteiger partial charge on any atom is -0.460 e. The first-order chi connectivity index (χ1) is 7.93. The third-order valence-electron chi connectivity index (χ3n) is 3.27. The van der Waals surface area contributed by atoms with Gasteiger partial charge in [0.05, 0.1) is 6.61 Å². The second-order valence-corrected chi connectivity index (χ2v) is 4.18. The van der Waals surface area contributed by atoms with Crippen molar-refractivity contribution in [1.82, 2.24) is 0 Å². The number of aliphatic hydroxyl groups excluding tert-OH is 1. The molecule has 0 aliphatic carbocycles. The molecule has 0 unspecified atom stereocenters. The van der Waals surface area contributed by atoms with Crippen molar-refractivity contribution in [3.63, 3.8) is 0 Å². The number of ketones is 1. The lowest BCUT2D eigenvalue weighted by molar-refractivity contribution is -0.140. The molecule has 0 bridgehead atoms. The summed E-state index contributed by atoms with van der Waals surface area (Å²) in [4.78, 5) is 23.2. The van der Waals surface area contributed by atoms with Crippen molar-refractivity contribution in [1.29, 1.82) is 0 Å². The van der Waals surface area contributed by atoms with E-state index in [1.165, 1.54) is 0 Å². The molecule has 0 aromatic carbocycles. The number of aliphatic hydroxyl groups is 1. The summed E-state index contributed by atoms with van der Waals surface area (Å²) in [5, 5.41) is 8.55. The van der Waals surface area contributed by atoms with Crippen LogP contribution in [0.1, 0.15) is 40.0 Å². The van der Waals surface area contributed by atoms with Gasteiger partial charge in [0, 0.05) is 11.0 Å². The molecule has 0 spiro atoms. The Morgan fingerprint density at radius 3 is 2.18 bits per heavy atom. The zero-order chi connectivity index (χ0) is 13.5. The third kappa shape index (κ3) is 4.30. The highest BCUT2D eigenvalue weighted by Gasteiger charge is 2.33. The predicted octanol–water partition coefficient (Wildman–Crippen LogP) is 1.86. The first kappa shape index (κ1) is 15.8. The quantitative estimate of drug-likeness (QED) is 0.521. The van der Waals surface area contributed by atoms with Crippen molar-refractivity contribution in [2.45, 2.75) is 40.0 Å². The molecule has 0 radical (unpaired) electrons. The van der Waals surface area contributed by atoms with E-state index in [1.54, 1.807) is 6.92 Å². The van der Waals surface area contributed by atoms with Gasteiger partial charge in [-0.05, 0) is 26.2 Å². The molecule has 0 aliphatic heterocycles. The van der Waals surface area contributed by atoms with Crippen LogP contribution in [0, 0.1) is 5.41 Å². The summed E-state index contributed by atoms with van der Waals surface area (Å²) in [6.07, 6.45) is 1.66. The van der Waals surface area contributed by atoms with Crippen LogP contribution in [0.2, 0.25) is 0 Å². The number of ether oxygens (including phenoxy) is 1. The lowest BCUT2D eigenvalue weighted by Gasteiger charge is -2.29. The maximum Gasteiger partial charge on any atom is 0.333 e. The maximum absolute atomic E-state index is 11.7. The Labute approximate surface area is 103 Å². The maximum atomic E-state index is 11.7. The SMILES string of the molecule is C=C(CC(CC)(CC)C(C)=O)C(=O)OCCO. The van der Waals surface area contributed by atoms with Crippen molar-refractivity contribution in [3.8, 4) is 0 Å². The van der Waals surface area contributed by atoms with Gasteiger partial charge in [0.2, 0.25) is 0 Å². The molecule has 0 fully saturated rings. The molecule has 17 heavy (non-hydrogen) atoms. The number of hydrogen-bond acceptors (Lipinski definition) is 4. The molecule has 0 heterocycles. The fraction of sp³-hybridized carbons (Fsp3) is 0.692. The largest absolute Gasteiger partial charge is 0.460 e. The van der Waals surface area contributed by atoms with Crippen molar-refractivity contribution in [3.05, 3.63) is 12.2 Å². The summed E-state index contributed by atoms with van der Waals surface area (Å²) in [7, 11) is 0. The molecule has 4 nitrogen and oxygen atoms in total. The number of rotatable bonds is 8. The molecule has 4 heteroatoms. The van der Waals surface area contributed by atoms with Gasteiger partial charge in [-0.3, -0.25) is 4.79 Å². The Hall–Kier alpha value is -1.16. The van der Waals surface area contributed by atoms with Crippen molar-refractivity contribution in [2.75, 3.05) is 13.2 Å². The Balaban J connectivity index is 4.62. The van der Waals surface area contributed by atoms with Crippen LogP contribution in [0.15, 0.2) is 12.2 Å². The molecule has 0 atom stereocenters. The van der Waals surface area contributed by atoms with Crippen molar-refractivity contribution < 1.29 is 19.4 Å². The Morgan fingerprint density at radius 2 is 1.82 bits per heavy atom. The Morgan fingerprint density at radius 1 is 1.29 bits per heavy atom. The summed E-state index contributed by atoms with van der Waals surface area (Å²) < 4.78 is 4.77. The molecule has 0 aromatic rings. The molecule has 0 saturated heterocycles. The van der Waals surface area contributed by atoms with E-state index in [0.29, 0.717) is 19.3 Å². The molecule has 1 N–H and O–H groups in total. The fourth-order valence-electron chi connectivity index (χ4n) is 1.84.